The van der Waals surface area contributed by atoms with Crippen molar-refractivity contribution in [1.82, 2.24) is 15.3 Å². The number of carbonyl (C=O) groups excluding carboxylic acids is 1. The molecule has 0 aromatic carbocycles. The number of aromatic nitrogens is 2. The number of rotatable bonds is 6. The van der Waals surface area contributed by atoms with E-state index in [2.05, 4.69) is 15.3 Å². The molecular formula is C13H21N3O2. The van der Waals surface area contributed by atoms with E-state index in [4.69, 9.17) is 0 Å². The zero-order valence-electron chi connectivity index (χ0n) is 11.2. The number of aliphatic hydroxyl groups excluding tert-OH is 1. The van der Waals surface area contributed by atoms with Crippen molar-refractivity contribution >= 4 is 5.91 Å². The molecule has 1 amide bonds. The van der Waals surface area contributed by atoms with Crippen LogP contribution in [0.4, 0.5) is 0 Å². The Bertz CT molecular complexity index is 392. The fraction of sp³-hybridized carbons (Fsp3) is 0.615. The molecule has 0 aliphatic carbocycles. The van der Waals surface area contributed by atoms with Gasteiger partial charge in [0, 0.05) is 12.2 Å². The zero-order valence-corrected chi connectivity index (χ0v) is 11.2. The Hall–Kier alpha value is -1.49. The van der Waals surface area contributed by atoms with Crippen molar-refractivity contribution < 1.29 is 9.90 Å². The molecule has 0 fully saturated rings. The number of hydrogen-bond donors (Lipinski definition) is 2. The number of hydrogen-bond acceptors (Lipinski definition) is 4. The molecule has 5 nitrogen and oxygen atoms in total. The minimum Gasteiger partial charge on any atom is -0.391 e. The van der Waals surface area contributed by atoms with E-state index in [-0.39, 0.29) is 18.4 Å². The molecule has 100 valence electrons. The van der Waals surface area contributed by atoms with E-state index < -0.39 is 6.10 Å². The molecule has 0 aliphatic rings. The Labute approximate surface area is 108 Å². The molecule has 1 heterocycles. The van der Waals surface area contributed by atoms with Gasteiger partial charge in [0.15, 0.2) is 0 Å². The van der Waals surface area contributed by atoms with Crippen LogP contribution in [0, 0.1) is 12.8 Å². The normalized spacial score (nSPS) is 12.5. The number of amides is 1. The molecule has 0 aliphatic heterocycles. The van der Waals surface area contributed by atoms with Crippen LogP contribution in [-0.2, 0) is 0 Å². The first kappa shape index (κ1) is 14.6. The summed E-state index contributed by atoms with van der Waals surface area (Å²) in [6, 6.07) is 1.62. The highest BCUT2D eigenvalue weighted by Crippen LogP contribution is 2.12. The van der Waals surface area contributed by atoms with Crippen LogP contribution in [0.2, 0.25) is 0 Å². The lowest BCUT2D eigenvalue weighted by molar-refractivity contribution is 0.0813. The van der Waals surface area contributed by atoms with Crippen molar-refractivity contribution in [2.45, 2.75) is 39.7 Å². The van der Waals surface area contributed by atoms with Gasteiger partial charge in [0.05, 0.1) is 6.10 Å². The second-order valence-electron chi connectivity index (χ2n) is 4.40. The monoisotopic (exact) mass is 251 g/mol. The van der Waals surface area contributed by atoms with Crippen LogP contribution < -0.4 is 5.32 Å². The lowest BCUT2D eigenvalue weighted by atomic mass is 9.96. The first-order valence-corrected chi connectivity index (χ1v) is 6.33. The van der Waals surface area contributed by atoms with E-state index in [0.29, 0.717) is 5.69 Å². The van der Waals surface area contributed by atoms with Gasteiger partial charge in [-0.15, -0.1) is 0 Å². The molecule has 0 saturated heterocycles. The Morgan fingerprint density at radius 3 is 2.61 bits per heavy atom. The second kappa shape index (κ2) is 7.06. The van der Waals surface area contributed by atoms with Crippen molar-refractivity contribution in [3.05, 3.63) is 23.8 Å². The van der Waals surface area contributed by atoms with Crippen LogP contribution in [0.3, 0.4) is 0 Å². The smallest absolute Gasteiger partial charge is 0.270 e. The quantitative estimate of drug-likeness (QED) is 0.799. The fourth-order valence-electron chi connectivity index (χ4n) is 1.87. The number of aryl methyl sites for hydroxylation is 1. The Balaban J connectivity index is 2.51. The van der Waals surface area contributed by atoms with E-state index in [1.807, 2.05) is 13.8 Å². The number of aliphatic hydroxyl groups is 1. The standard InChI is InChI=1S/C13H21N3O2/c1-4-10(5-2)12(17)7-14-13(18)11-6-9(3)15-8-16-11/h6,8,10,12,17H,4-5,7H2,1-3H3,(H,14,18). The van der Waals surface area contributed by atoms with E-state index >= 15 is 0 Å². The van der Waals surface area contributed by atoms with Gasteiger partial charge in [0.25, 0.3) is 5.91 Å². The van der Waals surface area contributed by atoms with E-state index in [0.717, 1.165) is 18.5 Å². The molecular weight excluding hydrogens is 230 g/mol. The Morgan fingerprint density at radius 1 is 1.39 bits per heavy atom. The maximum atomic E-state index is 11.8. The highest BCUT2D eigenvalue weighted by molar-refractivity contribution is 5.92. The molecule has 0 radical (unpaired) electrons. The first-order chi connectivity index (χ1) is 8.58. The highest BCUT2D eigenvalue weighted by Gasteiger charge is 2.17. The van der Waals surface area contributed by atoms with Gasteiger partial charge in [-0.1, -0.05) is 26.7 Å². The van der Waals surface area contributed by atoms with Crippen LogP contribution in [0.1, 0.15) is 42.9 Å². The second-order valence-corrected chi connectivity index (χ2v) is 4.40. The van der Waals surface area contributed by atoms with Gasteiger partial charge < -0.3 is 10.4 Å². The highest BCUT2D eigenvalue weighted by atomic mass is 16.3. The van der Waals surface area contributed by atoms with Crippen molar-refractivity contribution in [3.8, 4) is 0 Å². The molecule has 2 N–H and O–H groups in total. The summed E-state index contributed by atoms with van der Waals surface area (Å²) in [4.78, 5) is 19.6. The predicted molar refractivity (Wildman–Crippen MR) is 69.2 cm³/mol. The van der Waals surface area contributed by atoms with Gasteiger partial charge in [-0.2, -0.15) is 0 Å². The third-order valence-corrected chi connectivity index (χ3v) is 3.10. The SMILES string of the molecule is CCC(CC)C(O)CNC(=O)c1cc(C)ncn1. The summed E-state index contributed by atoms with van der Waals surface area (Å²) < 4.78 is 0. The molecule has 1 rings (SSSR count). The summed E-state index contributed by atoms with van der Waals surface area (Å²) in [5.74, 6) is -0.0528. The third-order valence-electron chi connectivity index (χ3n) is 3.10. The van der Waals surface area contributed by atoms with Crippen molar-refractivity contribution in [3.63, 3.8) is 0 Å². The number of nitrogens with one attached hydrogen (secondary N) is 1. The summed E-state index contributed by atoms with van der Waals surface area (Å²) in [5, 5.41) is 12.6. The lowest BCUT2D eigenvalue weighted by Crippen LogP contribution is -2.36. The number of nitrogens with zero attached hydrogens (tertiary/aromatic N) is 2. The maximum absolute atomic E-state index is 11.8. The molecule has 0 bridgehead atoms. The number of carbonyl (C=O) groups is 1. The Kier molecular flexibility index (Phi) is 5.71. The van der Waals surface area contributed by atoms with Crippen molar-refractivity contribution in [1.29, 1.82) is 0 Å². The third kappa shape index (κ3) is 4.07. The fourth-order valence-corrected chi connectivity index (χ4v) is 1.87. The largest absolute Gasteiger partial charge is 0.391 e. The van der Waals surface area contributed by atoms with Gasteiger partial charge in [0.2, 0.25) is 0 Å². The average Bonchev–Trinajstić information content (AvgIpc) is 2.37. The summed E-state index contributed by atoms with van der Waals surface area (Å²) in [5.41, 5.74) is 1.08. The summed E-state index contributed by atoms with van der Waals surface area (Å²) >= 11 is 0. The van der Waals surface area contributed by atoms with Crippen molar-refractivity contribution in [2.24, 2.45) is 5.92 Å². The minimum atomic E-state index is -0.508. The predicted octanol–water partition coefficient (Wildman–Crippen LogP) is 1.31. The van der Waals surface area contributed by atoms with E-state index in [9.17, 15) is 9.90 Å². The van der Waals surface area contributed by atoms with Gasteiger partial charge in [-0.25, -0.2) is 9.97 Å². The van der Waals surface area contributed by atoms with Crippen LogP contribution in [0.25, 0.3) is 0 Å². The molecule has 0 spiro atoms. The van der Waals surface area contributed by atoms with Gasteiger partial charge in [0.1, 0.15) is 12.0 Å². The topological polar surface area (TPSA) is 75.1 Å². The lowest BCUT2D eigenvalue weighted by Gasteiger charge is -2.20. The van der Waals surface area contributed by atoms with Crippen molar-refractivity contribution in [2.75, 3.05) is 6.54 Å². The molecule has 5 heteroatoms. The zero-order chi connectivity index (χ0) is 13.5. The van der Waals surface area contributed by atoms with E-state index in [1.54, 1.807) is 13.0 Å². The van der Waals surface area contributed by atoms with Crippen LogP contribution in [-0.4, -0.2) is 33.6 Å². The summed E-state index contributed by atoms with van der Waals surface area (Å²) in [6.07, 6.45) is 2.66. The molecule has 1 aromatic rings. The molecule has 1 atom stereocenters. The van der Waals surface area contributed by atoms with Crippen LogP contribution in [0.15, 0.2) is 12.4 Å². The first-order valence-electron chi connectivity index (χ1n) is 6.33. The minimum absolute atomic E-state index is 0.220. The maximum Gasteiger partial charge on any atom is 0.270 e. The van der Waals surface area contributed by atoms with E-state index in [1.165, 1.54) is 6.33 Å². The molecule has 1 unspecified atom stereocenters. The van der Waals surface area contributed by atoms with Gasteiger partial charge in [-0.05, 0) is 18.9 Å². The van der Waals surface area contributed by atoms with Crippen LogP contribution >= 0.6 is 0 Å². The Morgan fingerprint density at radius 2 is 2.06 bits per heavy atom. The molecule has 0 saturated carbocycles. The molecule has 1 aromatic heterocycles. The van der Waals surface area contributed by atoms with Gasteiger partial charge in [-0.3, -0.25) is 4.79 Å². The molecule has 18 heavy (non-hydrogen) atoms. The summed E-state index contributed by atoms with van der Waals surface area (Å²) in [7, 11) is 0. The van der Waals surface area contributed by atoms with Crippen LogP contribution in [0.5, 0.6) is 0 Å². The average molecular weight is 251 g/mol. The summed E-state index contributed by atoms with van der Waals surface area (Å²) in [6.45, 7) is 6.13. The van der Waals surface area contributed by atoms with Gasteiger partial charge >= 0.3 is 0 Å².